The third-order valence-corrected chi connectivity index (χ3v) is 26.4. The van der Waals surface area contributed by atoms with Crippen LogP contribution in [-0.4, -0.2) is 192 Å². The van der Waals surface area contributed by atoms with Crippen LogP contribution in [0.25, 0.3) is 81.2 Å². The van der Waals surface area contributed by atoms with Crippen molar-refractivity contribution in [1.29, 1.82) is 0 Å². The van der Waals surface area contributed by atoms with Gasteiger partial charge in [0.15, 0.2) is 5.69 Å². The molecule has 0 amide bonds. The molecule has 134 heavy (non-hydrogen) atoms. The number of halogens is 2. The number of pyridine rings is 11. The molecule has 18 aromatic rings. The van der Waals surface area contributed by atoms with Gasteiger partial charge in [-0.3, -0.25) is 69.5 Å². The smallest absolute Gasteiger partial charge is 0.187 e. The highest BCUT2D eigenvalue weighted by Gasteiger charge is 2.32. The molecule has 3 N–H and O–H groups in total. The fraction of sp³-hybridized carbons (Fsp3) is 0.248. The molecule has 6 aromatic carbocycles. The van der Waals surface area contributed by atoms with Crippen LogP contribution < -0.4 is 35.6 Å². The van der Waals surface area contributed by atoms with Gasteiger partial charge in [0.1, 0.15) is 0 Å². The van der Waals surface area contributed by atoms with Crippen LogP contribution >= 0.6 is 31.9 Å². The molecule has 1 aliphatic carbocycles. The molecule has 0 unspecified atom stereocenters. The largest absolute Gasteiger partial charge is 0.399 e. The standard InChI is InChI=1S/C28H30N6.C28H30N4.C20H20BrN3.C12H14N4.C8H5BrN2.C8H6N2.C5H6N2/c1-29-22-7-10-26-24(16-22)25(19-32(26)2)20-5-8-23(9-6-20)33-12-14-34(15-13-33)27-18-30-17-21-4-3-11-31-28(21)27;1-30(21-23-9-4-2-5-10-23)26-19-25-13-8-14-29-28(25)27(20-26)32-17-15-31(16-18-32)22-24-11-6-3-7-12-24;21-18-13-17-7-4-8-22-20(17)19(14-18)24-11-9-23(10-12-24)15-16-5-2-1-3-6-16;1-2-10-8-14-9-11(12(10)15-3-1)16-6-4-13-5-7-16;9-7-5-10-4-6-2-1-3-11-8(6)7;1-2-7-6-9-5-3-8(7)10-4-1;6-5-1-3-7-4-2-5/h3-4,7,10-11,16-20,23H,5-6,8-9,12-15H2,2H3;2-14,19-20H,15-18,21-22H2,1H3;1-8,13-14H,9-12,15H2;1-3,8-9,13H,4-7H2;1-5H;1-6H;1-4H,(H2,6,7). The van der Waals surface area contributed by atoms with Crippen molar-refractivity contribution in [3.63, 3.8) is 0 Å². The number of fused-ring (bicyclic) bond motifs is 7. The highest BCUT2D eigenvalue weighted by molar-refractivity contribution is 9.11. The summed E-state index contributed by atoms with van der Waals surface area (Å²) >= 11 is 7.01. The van der Waals surface area contributed by atoms with E-state index in [1.165, 1.54) is 86.7 Å². The first-order valence-corrected chi connectivity index (χ1v) is 47.7. The first-order valence-electron chi connectivity index (χ1n) is 46.1. The number of aryl methyl sites for hydroxylation is 1. The van der Waals surface area contributed by atoms with E-state index in [2.05, 4.69) is 308 Å². The number of nitrogens with two attached hydrogens (primary N) is 1. The molecule has 16 heterocycles. The number of rotatable bonds is 13. The van der Waals surface area contributed by atoms with Crippen molar-refractivity contribution in [1.82, 2.24) is 79.4 Å². The number of nitrogens with zero attached hydrogens (tertiary/aromatic N) is 21. The lowest BCUT2D eigenvalue weighted by molar-refractivity contribution is 0.141. The molecule has 4 saturated heterocycles. The van der Waals surface area contributed by atoms with Crippen LogP contribution in [-0.2, 0) is 26.7 Å². The van der Waals surface area contributed by atoms with Crippen molar-refractivity contribution in [2.24, 2.45) is 7.05 Å². The zero-order valence-corrected chi connectivity index (χ0v) is 79.0. The van der Waals surface area contributed by atoms with Crippen molar-refractivity contribution in [3.05, 3.63) is 372 Å². The van der Waals surface area contributed by atoms with Gasteiger partial charge in [0.2, 0.25) is 0 Å². The summed E-state index contributed by atoms with van der Waals surface area (Å²) in [5.74, 6) is 0.593. The zero-order valence-electron chi connectivity index (χ0n) is 75.8. The predicted octanol–water partition coefficient (Wildman–Crippen LogP) is 20.8. The Morgan fingerprint density at radius 3 is 1.39 bits per heavy atom. The lowest BCUT2D eigenvalue weighted by Crippen LogP contribution is -2.51. The second-order valence-corrected chi connectivity index (χ2v) is 35.9. The Bertz CT molecular complexity index is 6780. The first-order chi connectivity index (χ1) is 65.9. The lowest BCUT2D eigenvalue weighted by atomic mass is 9.81. The monoisotopic (exact) mass is 1900 g/mol. The summed E-state index contributed by atoms with van der Waals surface area (Å²) in [6, 6.07) is 77.4. The molecule has 0 atom stereocenters. The van der Waals surface area contributed by atoms with E-state index in [9.17, 15) is 0 Å². The average Bonchev–Trinajstić information content (AvgIpc) is 1.68. The minimum Gasteiger partial charge on any atom is -0.399 e. The molecule has 23 nitrogen and oxygen atoms in total. The van der Waals surface area contributed by atoms with Crippen LogP contribution in [0.4, 0.5) is 39.8 Å². The molecular weight excluding hydrogens is 1790 g/mol. The van der Waals surface area contributed by atoms with Gasteiger partial charge in [-0.2, -0.15) is 0 Å². The van der Waals surface area contributed by atoms with Gasteiger partial charge in [0.25, 0.3) is 0 Å². The fourth-order valence-electron chi connectivity index (χ4n) is 18.4. The summed E-state index contributed by atoms with van der Waals surface area (Å²) in [4.78, 5) is 70.8. The third-order valence-electron chi connectivity index (χ3n) is 25.4. The van der Waals surface area contributed by atoms with E-state index in [0.29, 0.717) is 12.0 Å². The number of hydrogen-bond donors (Lipinski definition) is 2. The number of anilines is 6. The maximum Gasteiger partial charge on any atom is 0.187 e. The SMILES string of the molecule is Brc1cc(N2CCN(Cc3ccccc3)CC2)c2ncccc2c1.Brc1cncc2cccnc12.CN(Cc1ccccc1)c1cc(N2CCN(Cc3ccccc3)CC2)c2ncccc2c1.Nc1ccncc1.[C-]#[N+]c1ccc2c(c1)c(C1CCC(N3CCN(c4cncc5cccnc45)CC3)CC1)cn2C.c1cnc2c(N3CCNCC3)cncc2c1.c1cnc2ccncc2c1. The van der Waals surface area contributed by atoms with E-state index < -0.39 is 0 Å². The minimum atomic E-state index is 0.593. The Morgan fingerprint density at radius 2 is 0.858 bits per heavy atom. The summed E-state index contributed by atoms with van der Waals surface area (Å²) in [6.45, 7) is 27.1. The first kappa shape index (κ1) is 92.0. The van der Waals surface area contributed by atoms with E-state index >= 15 is 0 Å². The van der Waals surface area contributed by atoms with Crippen molar-refractivity contribution >= 4 is 148 Å². The van der Waals surface area contributed by atoms with Crippen molar-refractivity contribution in [2.45, 2.75) is 57.3 Å². The van der Waals surface area contributed by atoms with Crippen molar-refractivity contribution < 1.29 is 0 Å². The predicted molar refractivity (Wildman–Crippen MR) is 555 cm³/mol. The van der Waals surface area contributed by atoms with Gasteiger partial charge in [-0.25, -0.2) is 4.85 Å². The minimum absolute atomic E-state index is 0.593. The van der Waals surface area contributed by atoms with Crippen LogP contribution in [0.5, 0.6) is 0 Å². The second-order valence-electron chi connectivity index (χ2n) is 34.2. The number of piperazine rings is 4. The molecule has 23 rings (SSSR count). The van der Waals surface area contributed by atoms with Crippen LogP contribution in [0, 0.1) is 6.57 Å². The number of aromatic nitrogens is 12. The zero-order chi connectivity index (χ0) is 91.6. The lowest BCUT2D eigenvalue weighted by Gasteiger charge is -2.42. The van der Waals surface area contributed by atoms with Crippen LogP contribution in [0.2, 0.25) is 0 Å². The van der Waals surface area contributed by atoms with Gasteiger partial charge >= 0.3 is 0 Å². The molecule has 5 aliphatic rings. The van der Waals surface area contributed by atoms with E-state index in [-0.39, 0.29) is 0 Å². The van der Waals surface area contributed by atoms with Gasteiger partial charge in [-0.1, -0.05) is 125 Å². The van der Waals surface area contributed by atoms with Gasteiger partial charge in [0, 0.05) is 291 Å². The fourth-order valence-corrected chi connectivity index (χ4v) is 19.3. The number of nitrogen functional groups attached to an aromatic ring is 1. The molecule has 0 bridgehead atoms. The topological polar surface area (TPSA) is 215 Å². The molecule has 4 aliphatic heterocycles. The Kier molecular flexibility index (Phi) is 31.6. The highest BCUT2D eigenvalue weighted by atomic mass is 79.9. The van der Waals surface area contributed by atoms with Crippen LogP contribution in [0.15, 0.2) is 339 Å². The van der Waals surface area contributed by atoms with E-state index in [1.54, 1.807) is 55.5 Å². The Hall–Kier alpha value is -13.8. The summed E-state index contributed by atoms with van der Waals surface area (Å²) in [5.41, 5.74) is 25.9. The van der Waals surface area contributed by atoms with E-state index in [1.807, 2.05) is 116 Å². The molecule has 676 valence electrons. The average molecular weight is 1900 g/mol. The van der Waals surface area contributed by atoms with Gasteiger partial charge in [-0.05, 0) is 190 Å². The normalized spacial score (nSPS) is 15.8. The highest BCUT2D eigenvalue weighted by Crippen LogP contribution is 2.41. The summed E-state index contributed by atoms with van der Waals surface area (Å²) in [5, 5.41) is 11.4. The van der Waals surface area contributed by atoms with Crippen LogP contribution in [0.1, 0.15) is 53.9 Å². The molecular formula is C109H111Br2N23. The Balaban J connectivity index is 0.000000115. The molecule has 12 aromatic heterocycles. The molecule has 25 heteroatoms. The van der Waals surface area contributed by atoms with E-state index in [0.717, 1.165) is 211 Å². The van der Waals surface area contributed by atoms with Crippen molar-refractivity contribution in [2.75, 3.05) is 142 Å². The van der Waals surface area contributed by atoms with Crippen molar-refractivity contribution in [3.8, 4) is 0 Å². The van der Waals surface area contributed by atoms with Gasteiger partial charge in [-0.15, -0.1) is 0 Å². The maximum atomic E-state index is 7.39. The number of nitrogens with one attached hydrogen (secondary N) is 1. The van der Waals surface area contributed by atoms with E-state index in [4.69, 9.17) is 17.3 Å². The number of benzene rings is 6. The third kappa shape index (κ3) is 24.0. The Morgan fingerprint density at radius 1 is 0.403 bits per heavy atom. The maximum absolute atomic E-state index is 7.39. The van der Waals surface area contributed by atoms with Gasteiger partial charge in [0.05, 0.1) is 79.3 Å². The molecule has 0 radical (unpaired) electrons. The molecule has 5 fully saturated rings. The quantitative estimate of drug-likeness (QED) is 0.103. The molecule has 0 spiro atoms. The van der Waals surface area contributed by atoms with Crippen LogP contribution in [0.3, 0.4) is 0 Å². The Labute approximate surface area is 800 Å². The summed E-state index contributed by atoms with van der Waals surface area (Å²) in [7, 11) is 4.29. The summed E-state index contributed by atoms with van der Waals surface area (Å²) < 4.78 is 4.28. The second kappa shape index (κ2) is 46.0. The summed E-state index contributed by atoms with van der Waals surface area (Å²) in [6.07, 6.45) is 36.4. The number of hydrogen-bond acceptors (Lipinski definition) is 21. The van der Waals surface area contributed by atoms with Gasteiger partial charge < -0.3 is 40.1 Å². The molecule has 1 saturated carbocycles.